The number of aliphatic hydroxyl groups excluding tert-OH is 1. The number of benzene rings is 1. The van der Waals surface area contributed by atoms with E-state index in [0.29, 0.717) is 0 Å². The maximum Gasteiger partial charge on any atom is 0.0679 e. The van der Waals surface area contributed by atoms with Gasteiger partial charge in [0.15, 0.2) is 0 Å². The maximum atomic E-state index is 9.45. The summed E-state index contributed by atoms with van der Waals surface area (Å²) < 4.78 is 7.09. The number of likely N-dealkylation sites (tertiary alicyclic amines) is 1. The summed E-state index contributed by atoms with van der Waals surface area (Å²) in [4.78, 5) is 2.32. The van der Waals surface area contributed by atoms with Crippen molar-refractivity contribution in [1.82, 2.24) is 4.90 Å². The standard InChI is InChI=1S/C17H23NO2S.ClH/c19-16-4-8-18(13-16)7-1-9-20-10-5-14-2-3-17-15(12-14)6-11-21-17;/h2-3,6,11-12,16,19H,1,4-5,7-10,13H2;1H. The third-order valence-corrected chi connectivity index (χ3v) is 4.96. The van der Waals surface area contributed by atoms with Crippen molar-refractivity contribution in [2.75, 3.05) is 32.8 Å². The molecule has 5 heteroatoms. The van der Waals surface area contributed by atoms with Gasteiger partial charge >= 0.3 is 0 Å². The third-order valence-electron chi connectivity index (χ3n) is 4.06. The zero-order valence-electron chi connectivity index (χ0n) is 12.7. The minimum Gasteiger partial charge on any atom is -0.392 e. The lowest BCUT2D eigenvalue weighted by Gasteiger charge is -2.14. The van der Waals surface area contributed by atoms with Crippen LogP contribution in [0.2, 0.25) is 0 Å². The molecule has 0 amide bonds. The maximum absolute atomic E-state index is 9.45. The van der Waals surface area contributed by atoms with Crippen molar-refractivity contribution in [3.63, 3.8) is 0 Å². The summed E-state index contributed by atoms with van der Waals surface area (Å²) in [6, 6.07) is 8.84. The van der Waals surface area contributed by atoms with Crippen molar-refractivity contribution >= 4 is 33.8 Å². The highest BCUT2D eigenvalue weighted by molar-refractivity contribution is 7.17. The van der Waals surface area contributed by atoms with Crippen LogP contribution in [0.1, 0.15) is 18.4 Å². The fraction of sp³-hybridized carbons (Fsp3) is 0.529. The number of thiophene rings is 1. The van der Waals surface area contributed by atoms with E-state index in [0.717, 1.165) is 52.1 Å². The Hall–Kier alpha value is -0.650. The molecule has 1 unspecified atom stereocenters. The number of halogens is 1. The summed E-state index contributed by atoms with van der Waals surface area (Å²) >= 11 is 1.79. The van der Waals surface area contributed by atoms with Crippen LogP contribution in [-0.2, 0) is 11.2 Å². The van der Waals surface area contributed by atoms with Crippen LogP contribution in [0.4, 0.5) is 0 Å². The Kier molecular flexibility index (Phi) is 7.12. The zero-order valence-corrected chi connectivity index (χ0v) is 14.4. The average molecular weight is 342 g/mol. The van der Waals surface area contributed by atoms with Crippen LogP contribution >= 0.6 is 23.7 Å². The molecule has 22 heavy (non-hydrogen) atoms. The van der Waals surface area contributed by atoms with Crippen LogP contribution < -0.4 is 0 Å². The number of aliphatic hydroxyl groups is 1. The van der Waals surface area contributed by atoms with E-state index < -0.39 is 0 Å². The monoisotopic (exact) mass is 341 g/mol. The van der Waals surface area contributed by atoms with Gasteiger partial charge in [0.2, 0.25) is 0 Å². The number of β-amino-alcohol motifs (C(OH)–C–C–N with tert-alkyl or cyclic N) is 1. The number of hydrogen-bond donors (Lipinski definition) is 1. The molecule has 1 aromatic heterocycles. The molecular formula is C17H24ClNO2S. The summed E-state index contributed by atoms with van der Waals surface area (Å²) in [5.41, 5.74) is 1.35. The van der Waals surface area contributed by atoms with E-state index in [1.54, 1.807) is 11.3 Å². The van der Waals surface area contributed by atoms with Crippen molar-refractivity contribution in [3.05, 3.63) is 35.2 Å². The molecule has 3 nitrogen and oxygen atoms in total. The Morgan fingerprint density at radius 2 is 2.18 bits per heavy atom. The van der Waals surface area contributed by atoms with E-state index in [9.17, 15) is 5.11 Å². The van der Waals surface area contributed by atoms with Gasteiger partial charge in [-0.2, -0.15) is 0 Å². The van der Waals surface area contributed by atoms with Gasteiger partial charge in [0.05, 0.1) is 12.7 Å². The second-order valence-corrected chi connectivity index (χ2v) is 6.70. The van der Waals surface area contributed by atoms with E-state index in [-0.39, 0.29) is 18.5 Å². The third kappa shape index (κ3) is 4.93. The van der Waals surface area contributed by atoms with E-state index in [4.69, 9.17) is 4.74 Å². The van der Waals surface area contributed by atoms with Crippen molar-refractivity contribution in [3.8, 4) is 0 Å². The van der Waals surface area contributed by atoms with Crippen LogP contribution in [0, 0.1) is 0 Å². The number of nitrogens with zero attached hydrogens (tertiary/aromatic N) is 1. The average Bonchev–Trinajstić information content (AvgIpc) is 3.11. The van der Waals surface area contributed by atoms with Crippen molar-refractivity contribution < 1.29 is 9.84 Å². The Labute approximate surface area is 142 Å². The summed E-state index contributed by atoms with van der Waals surface area (Å²) in [7, 11) is 0. The van der Waals surface area contributed by atoms with Gasteiger partial charge in [-0.3, -0.25) is 0 Å². The highest BCUT2D eigenvalue weighted by Crippen LogP contribution is 2.21. The Morgan fingerprint density at radius 3 is 3.00 bits per heavy atom. The predicted octanol–water partition coefficient (Wildman–Crippen LogP) is 3.34. The van der Waals surface area contributed by atoms with Crippen LogP contribution in [0.25, 0.3) is 10.1 Å². The van der Waals surface area contributed by atoms with Crippen molar-refractivity contribution in [1.29, 1.82) is 0 Å². The lowest BCUT2D eigenvalue weighted by atomic mass is 10.1. The highest BCUT2D eigenvalue weighted by atomic mass is 35.5. The molecule has 0 radical (unpaired) electrons. The van der Waals surface area contributed by atoms with Crippen molar-refractivity contribution in [2.45, 2.75) is 25.4 Å². The molecule has 1 atom stereocenters. The molecule has 2 aromatic rings. The molecule has 122 valence electrons. The molecule has 0 spiro atoms. The van der Waals surface area contributed by atoms with Crippen LogP contribution in [0.3, 0.4) is 0 Å². The van der Waals surface area contributed by atoms with Crippen molar-refractivity contribution in [2.24, 2.45) is 0 Å². The van der Waals surface area contributed by atoms with E-state index in [2.05, 4.69) is 34.5 Å². The number of hydrogen-bond acceptors (Lipinski definition) is 4. The minimum atomic E-state index is -0.113. The van der Waals surface area contributed by atoms with Gasteiger partial charge < -0.3 is 14.7 Å². The molecule has 1 saturated heterocycles. The summed E-state index contributed by atoms with van der Waals surface area (Å²) in [6.45, 7) is 4.51. The molecular weight excluding hydrogens is 318 g/mol. The van der Waals surface area contributed by atoms with E-state index >= 15 is 0 Å². The smallest absolute Gasteiger partial charge is 0.0679 e. The summed E-state index contributed by atoms with van der Waals surface area (Å²) in [5.74, 6) is 0. The molecule has 0 aliphatic carbocycles. The molecule has 3 rings (SSSR count). The first kappa shape index (κ1) is 17.7. The topological polar surface area (TPSA) is 32.7 Å². The van der Waals surface area contributed by atoms with Gasteiger partial charge in [0.1, 0.15) is 0 Å². The normalized spacial score (nSPS) is 18.7. The second kappa shape index (κ2) is 8.85. The number of ether oxygens (including phenoxy) is 1. The first-order valence-electron chi connectivity index (χ1n) is 7.75. The number of rotatable bonds is 7. The molecule has 0 bridgehead atoms. The molecule has 1 N–H and O–H groups in total. The van der Waals surface area contributed by atoms with Gasteiger partial charge in [-0.15, -0.1) is 23.7 Å². The molecule has 1 aromatic carbocycles. The largest absolute Gasteiger partial charge is 0.392 e. The number of fused-ring (bicyclic) bond motifs is 1. The Balaban J connectivity index is 0.00000176. The zero-order chi connectivity index (χ0) is 14.5. The van der Waals surface area contributed by atoms with Gasteiger partial charge in [-0.05, 0) is 47.7 Å². The summed E-state index contributed by atoms with van der Waals surface area (Å²) in [6.07, 6.45) is 2.84. The van der Waals surface area contributed by atoms with E-state index in [1.165, 1.54) is 15.6 Å². The van der Waals surface area contributed by atoms with Crippen LogP contribution in [0.5, 0.6) is 0 Å². The lowest BCUT2D eigenvalue weighted by molar-refractivity contribution is 0.122. The fourth-order valence-electron chi connectivity index (χ4n) is 2.87. The SMILES string of the molecule is Cl.OC1CCN(CCCOCCc2ccc3sccc3c2)C1. The molecule has 1 fully saturated rings. The van der Waals surface area contributed by atoms with Crippen LogP contribution in [-0.4, -0.2) is 49.0 Å². The van der Waals surface area contributed by atoms with Gasteiger partial charge in [-0.25, -0.2) is 0 Å². The quantitative estimate of drug-likeness (QED) is 0.784. The highest BCUT2D eigenvalue weighted by Gasteiger charge is 2.18. The van der Waals surface area contributed by atoms with Crippen LogP contribution in [0.15, 0.2) is 29.6 Å². The Morgan fingerprint density at radius 1 is 1.27 bits per heavy atom. The molecule has 1 aliphatic rings. The second-order valence-electron chi connectivity index (χ2n) is 5.75. The summed E-state index contributed by atoms with van der Waals surface area (Å²) in [5, 5.41) is 12.9. The van der Waals surface area contributed by atoms with Gasteiger partial charge in [-0.1, -0.05) is 12.1 Å². The molecule has 0 saturated carbocycles. The minimum absolute atomic E-state index is 0. The fourth-order valence-corrected chi connectivity index (χ4v) is 3.64. The molecule has 1 aliphatic heterocycles. The first-order chi connectivity index (χ1) is 10.3. The first-order valence-corrected chi connectivity index (χ1v) is 8.63. The van der Waals surface area contributed by atoms with E-state index in [1.807, 2.05) is 0 Å². The lowest BCUT2D eigenvalue weighted by Crippen LogP contribution is -2.24. The van der Waals surface area contributed by atoms with Gasteiger partial charge in [0, 0.05) is 30.9 Å². The predicted molar refractivity (Wildman–Crippen MR) is 95.3 cm³/mol. The molecule has 2 heterocycles. The Bertz CT molecular complexity index is 575. The van der Waals surface area contributed by atoms with Gasteiger partial charge in [0.25, 0.3) is 0 Å².